The highest BCUT2D eigenvalue weighted by Crippen LogP contribution is 1.96. The van der Waals surface area contributed by atoms with Gasteiger partial charge in [-0.1, -0.05) is 13.3 Å². The Hall–Kier alpha value is 0.757. The Morgan fingerprint density at radius 1 is 1.44 bits per heavy atom. The maximum atomic E-state index is 5.54. The first kappa shape index (κ1) is 9.76. The lowest BCUT2D eigenvalue weighted by Gasteiger charge is -2.00. The molecule has 1 nitrogen and oxygen atoms in total. The number of ether oxygens (including phenoxy) is 1. The quantitative estimate of drug-likeness (QED) is 0.363. The minimum absolute atomic E-state index is 0.586. The molecule has 0 N–H and O–H groups in total. The van der Waals surface area contributed by atoms with E-state index in [9.17, 15) is 0 Å². The number of halogens is 2. The van der Waals surface area contributed by atoms with Crippen molar-refractivity contribution in [2.24, 2.45) is 0 Å². The van der Waals surface area contributed by atoms with Gasteiger partial charge in [-0.05, 0) is 6.42 Å². The molecule has 0 radical (unpaired) electrons. The van der Waals surface area contributed by atoms with Gasteiger partial charge in [0.15, 0.2) is 0 Å². The Kier molecular flexibility index (Phi) is 7.45. The molecule has 0 bridgehead atoms. The molecule has 0 aromatic rings. The molecule has 0 aromatic heterocycles. The van der Waals surface area contributed by atoms with E-state index in [-0.39, 0.29) is 0 Å². The third kappa shape index (κ3) is 8.76. The van der Waals surface area contributed by atoms with Gasteiger partial charge in [0, 0.05) is 6.61 Å². The number of rotatable bonds is 5. The summed E-state index contributed by atoms with van der Waals surface area (Å²) in [7, 11) is -1.49. The average Bonchev–Trinajstić information content (AvgIpc) is 1.80. The van der Waals surface area contributed by atoms with Gasteiger partial charge in [-0.2, -0.15) is 0 Å². The number of unbranched alkanes of at least 4 members (excludes halogenated alkanes) is 1. The highest BCUT2D eigenvalue weighted by Gasteiger charge is 1.99. The van der Waals surface area contributed by atoms with Crippen molar-refractivity contribution >= 4 is 29.6 Å². The molecule has 0 aliphatic carbocycles. The Bertz CT molecular complexity index is 60.9. The molecule has 9 heavy (non-hydrogen) atoms. The van der Waals surface area contributed by atoms with Crippen molar-refractivity contribution in [3.05, 3.63) is 0 Å². The second-order valence-corrected chi connectivity index (χ2v) is 6.77. The summed E-state index contributed by atoms with van der Waals surface area (Å²) in [6.45, 7) is 2.93. The third-order valence-electron chi connectivity index (χ3n) is 0.886. The van der Waals surface area contributed by atoms with E-state index in [1.165, 1.54) is 0 Å². The van der Waals surface area contributed by atoms with Crippen LogP contribution in [0.1, 0.15) is 19.8 Å². The van der Waals surface area contributed by atoms with Crippen LogP contribution in [0.2, 0.25) is 0 Å². The Morgan fingerprint density at radius 3 is 2.56 bits per heavy atom. The maximum Gasteiger partial charge on any atom is 0.261 e. The van der Waals surface area contributed by atoms with Gasteiger partial charge >= 0.3 is 0 Å². The fourth-order valence-corrected chi connectivity index (χ4v) is 1.30. The Balaban J connectivity index is 2.75. The van der Waals surface area contributed by atoms with Crippen molar-refractivity contribution in [3.8, 4) is 0 Å². The highest BCUT2D eigenvalue weighted by molar-refractivity contribution is 7.33. The predicted octanol–water partition coefficient (Wildman–Crippen LogP) is 2.04. The molecular formula is C5H12Cl2OSi. The maximum absolute atomic E-state index is 5.54. The molecule has 0 rings (SSSR count). The molecule has 0 saturated carbocycles. The summed E-state index contributed by atoms with van der Waals surface area (Å²) < 4.78 is 5.13. The van der Waals surface area contributed by atoms with Crippen LogP contribution >= 0.6 is 22.2 Å². The van der Waals surface area contributed by atoms with Crippen molar-refractivity contribution in [1.82, 2.24) is 0 Å². The second kappa shape index (κ2) is 6.87. The molecule has 0 fully saturated rings. The van der Waals surface area contributed by atoms with Crippen LogP contribution in [0.3, 0.4) is 0 Å². The fraction of sp³-hybridized carbons (Fsp3) is 1.00. The topological polar surface area (TPSA) is 9.23 Å². The first-order valence-electron chi connectivity index (χ1n) is 3.13. The molecule has 0 heterocycles. The fourth-order valence-electron chi connectivity index (χ4n) is 0.419. The van der Waals surface area contributed by atoms with E-state index in [1.54, 1.807) is 0 Å². The molecule has 0 spiro atoms. The molecule has 0 aliphatic rings. The lowest BCUT2D eigenvalue weighted by Crippen LogP contribution is -2.07. The molecule has 0 atom stereocenters. The van der Waals surface area contributed by atoms with Crippen LogP contribution in [0, 0.1) is 0 Å². The van der Waals surface area contributed by atoms with Gasteiger partial charge in [-0.25, -0.2) is 0 Å². The Labute approximate surface area is 67.3 Å². The van der Waals surface area contributed by atoms with Crippen molar-refractivity contribution in [3.63, 3.8) is 0 Å². The van der Waals surface area contributed by atoms with E-state index in [4.69, 9.17) is 26.9 Å². The lowest BCUT2D eigenvalue weighted by atomic mass is 10.4. The van der Waals surface area contributed by atoms with E-state index in [2.05, 4.69) is 6.92 Å². The zero-order valence-electron chi connectivity index (χ0n) is 5.57. The van der Waals surface area contributed by atoms with Gasteiger partial charge in [-0.15, -0.1) is 22.2 Å². The zero-order chi connectivity index (χ0) is 7.11. The van der Waals surface area contributed by atoms with E-state index in [0.29, 0.717) is 6.23 Å². The van der Waals surface area contributed by atoms with Crippen LogP contribution < -0.4 is 0 Å². The SMILES string of the molecule is CCCCOC[SiH](Cl)Cl. The monoisotopic (exact) mass is 186 g/mol. The second-order valence-electron chi connectivity index (χ2n) is 1.82. The third-order valence-corrected chi connectivity index (χ3v) is 2.13. The van der Waals surface area contributed by atoms with Gasteiger partial charge in [0.2, 0.25) is 0 Å². The molecular weight excluding hydrogens is 175 g/mol. The molecule has 0 aromatic carbocycles. The smallest absolute Gasteiger partial charge is 0.261 e. The Morgan fingerprint density at radius 2 is 2.11 bits per heavy atom. The van der Waals surface area contributed by atoms with E-state index >= 15 is 0 Å². The van der Waals surface area contributed by atoms with Crippen LogP contribution in [0.15, 0.2) is 0 Å². The van der Waals surface area contributed by atoms with Crippen LogP contribution in [0.25, 0.3) is 0 Å². The average molecular weight is 187 g/mol. The first-order valence-corrected chi connectivity index (χ1v) is 7.44. The van der Waals surface area contributed by atoms with Crippen LogP contribution in [0.5, 0.6) is 0 Å². The van der Waals surface area contributed by atoms with Crippen molar-refractivity contribution in [2.75, 3.05) is 12.8 Å². The van der Waals surface area contributed by atoms with Gasteiger partial charge in [-0.3, -0.25) is 0 Å². The first-order chi connectivity index (χ1) is 4.27. The number of hydrogen-bond donors (Lipinski definition) is 0. The summed E-state index contributed by atoms with van der Waals surface area (Å²) in [5.41, 5.74) is 0. The summed E-state index contributed by atoms with van der Waals surface area (Å²) in [5.74, 6) is 0. The molecule has 0 amide bonds. The summed E-state index contributed by atoms with van der Waals surface area (Å²) in [6.07, 6.45) is 2.86. The molecule has 0 unspecified atom stereocenters. The highest BCUT2D eigenvalue weighted by atomic mass is 35.7. The normalized spacial score (nSPS) is 10.7. The van der Waals surface area contributed by atoms with Crippen molar-refractivity contribution < 1.29 is 4.74 Å². The predicted molar refractivity (Wildman–Crippen MR) is 44.6 cm³/mol. The van der Waals surface area contributed by atoms with Gasteiger partial charge < -0.3 is 4.74 Å². The molecule has 4 heteroatoms. The van der Waals surface area contributed by atoms with Crippen molar-refractivity contribution in [1.29, 1.82) is 0 Å². The molecule has 0 aliphatic heterocycles. The van der Waals surface area contributed by atoms with Crippen LogP contribution in [-0.4, -0.2) is 20.3 Å². The van der Waals surface area contributed by atoms with Crippen LogP contribution in [0.4, 0.5) is 0 Å². The van der Waals surface area contributed by atoms with E-state index in [1.807, 2.05) is 0 Å². The lowest BCUT2D eigenvalue weighted by molar-refractivity contribution is 0.173. The summed E-state index contributed by atoms with van der Waals surface area (Å²) in [6, 6.07) is 0. The zero-order valence-corrected chi connectivity index (χ0v) is 8.24. The van der Waals surface area contributed by atoms with Gasteiger partial charge in [0.1, 0.15) is 0 Å². The standard InChI is InChI=1S/C5H12Cl2OSi/c1-2-3-4-8-5-9(6)7/h9H,2-5H2,1H3. The van der Waals surface area contributed by atoms with Crippen molar-refractivity contribution in [2.45, 2.75) is 19.8 Å². The largest absolute Gasteiger partial charge is 0.382 e. The minimum Gasteiger partial charge on any atom is -0.382 e. The summed E-state index contributed by atoms with van der Waals surface area (Å²) in [4.78, 5) is 0. The minimum atomic E-state index is -1.49. The number of hydrogen-bond acceptors (Lipinski definition) is 1. The summed E-state index contributed by atoms with van der Waals surface area (Å²) >= 11 is 11.1. The van der Waals surface area contributed by atoms with E-state index < -0.39 is 7.42 Å². The molecule has 0 saturated heterocycles. The van der Waals surface area contributed by atoms with Gasteiger partial charge in [0.05, 0.1) is 6.23 Å². The molecule has 56 valence electrons. The summed E-state index contributed by atoms with van der Waals surface area (Å²) in [5, 5.41) is 0. The van der Waals surface area contributed by atoms with Crippen LogP contribution in [-0.2, 0) is 4.74 Å². The van der Waals surface area contributed by atoms with E-state index in [0.717, 1.165) is 19.4 Å². The van der Waals surface area contributed by atoms with Gasteiger partial charge in [0.25, 0.3) is 7.42 Å².